The van der Waals surface area contributed by atoms with E-state index in [4.69, 9.17) is 9.84 Å². The van der Waals surface area contributed by atoms with E-state index in [2.05, 4.69) is 0 Å². The highest BCUT2D eigenvalue weighted by Crippen LogP contribution is 2.15. The minimum Gasteiger partial charge on any atom is -0.458 e. The first-order valence-corrected chi connectivity index (χ1v) is 3.72. The Morgan fingerprint density at radius 2 is 2.45 bits per heavy atom. The van der Waals surface area contributed by atoms with Crippen molar-refractivity contribution in [3.63, 3.8) is 0 Å². The topological polar surface area (TPSA) is 46.5 Å². The molecule has 1 saturated heterocycles. The molecule has 3 nitrogen and oxygen atoms in total. The first-order valence-electron chi connectivity index (χ1n) is 3.72. The molecule has 1 N–H and O–H groups in total. The predicted octanol–water partition coefficient (Wildman–Crippen LogP) is 0.629. The predicted molar refractivity (Wildman–Crippen MR) is 39.9 cm³/mol. The van der Waals surface area contributed by atoms with Gasteiger partial charge in [0.05, 0.1) is 12.5 Å². The number of carbonyl (C=O) groups is 1. The molecule has 1 aliphatic rings. The summed E-state index contributed by atoms with van der Waals surface area (Å²) < 4.78 is 4.91. The Labute approximate surface area is 65.7 Å². The average molecular weight is 156 g/mol. The molecule has 1 heterocycles. The summed E-state index contributed by atoms with van der Waals surface area (Å²) in [4.78, 5) is 10.7. The Kier molecular flexibility index (Phi) is 2.65. The Morgan fingerprint density at radius 3 is 3.00 bits per heavy atom. The standard InChI is InChI=1S/C8H12O3/c1-2-3-7-4-6(9)5-8(10)11-7/h2-3,6-7,9H,4-5H2,1H3/b3-2+/t6-,7-/m1/s1. The average Bonchev–Trinajstić information content (AvgIpc) is 1.85. The minimum atomic E-state index is -0.530. The van der Waals surface area contributed by atoms with Gasteiger partial charge in [-0.05, 0) is 13.0 Å². The van der Waals surface area contributed by atoms with Crippen LogP contribution in [0.4, 0.5) is 0 Å². The number of allylic oxidation sites excluding steroid dienone is 1. The van der Waals surface area contributed by atoms with Gasteiger partial charge >= 0.3 is 5.97 Å². The van der Waals surface area contributed by atoms with E-state index in [0.29, 0.717) is 6.42 Å². The van der Waals surface area contributed by atoms with Crippen LogP contribution in [-0.2, 0) is 9.53 Å². The highest BCUT2D eigenvalue weighted by molar-refractivity contribution is 5.71. The maximum Gasteiger partial charge on any atom is 0.309 e. The van der Waals surface area contributed by atoms with Crippen LogP contribution in [-0.4, -0.2) is 23.3 Å². The van der Waals surface area contributed by atoms with Crippen molar-refractivity contribution >= 4 is 5.97 Å². The molecular weight excluding hydrogens is 144 g/mol. The molecule has 2 atom stereocenters. The second-order valence-corrected chi connectivity index (χ2v) is 2.65. The Morgan fingerprint density at radius 1 is 1.73 bits per heavy atom. The molecule has 0 aromatic rings. The summed E-state index contributed by atoms with van der Waals surface area (Å²) in [6.45, 7) is 1.86. The largest absolute Gasteiger partial charge is 0.458 e. The number of hydrogen-bond donors (Lipinski definition) is 1. The van der Waals surface area contributed by atoms with Gasteiger partial charge in [0.15, 0.2) is 0 Å². The molecular formula is C8H12O3. The zero-order valence-corrected chi connectivity index (χ0v) is 6.49. The fourth-order valence-corrected chi connectivity index (χ4v) is 1.14. The van der Waals surface area contributed by atoms with E-state index in [-0.39, 0.29) is 18.5 Å². The fourth-order valence-electron chi connectivity index (χ4n) is 1.14. The third-order valence-electron chi connectivity index (χ3n) is 1.60. The summed E-state index contributed by atoms with van der Waals surface area (Å²) in [5, 5.41) is 9.14. The monoisotopic (exact) mass is 156 g/mol. The van der Waals surface area contributed by atoms with Crippen LogP contribution in [0, 0.1) is 0 Å². The lowest BCUT2D eigenvalue weighted by Gasteiger charge is -2.23. The van der Waals surface area contributed by atoms with Gasteiger partial charge < -0.3 is 9.84 Å². The van der Waals surface area contributed by atoms with Gasteiger partial charge in [0.2, 0.25) is 0 Å². The van der Waals surface area contributed by atoms with Crippen molar-refractivity contribution in [2.45, 2.75) is 32.0 Å². The van der Waals surface area contributed by atoms with Crippen LogP contribution in [0.15, 0.2) is 12.2 Å². The number of carbonyl (C=O) groups excluding carboxylic acids is 1. The molecule has 0 unspecified atom stereocenters. The Balaban J connectivity index is 2.49. The third-order valence-corrected chi connectivity index (χ3v) is 1.60. The second kappa shape index (κ2) is 3.53. The second-order valence-electron chi connectivity index (χ2n) is 2.65. The smallest absolute Gasteiger partial charge is 0.309 e. The van der Waals surface area contributed by atoms with Crippen molar-refractivity contribution in [2.75, 3.05) is 0 Å². The number of hydrogen-bond acceptors (Lipinski definition) is 3. The zero-order chi connectivity index (χ0) is 8.27. The van der Waals surface area contributed by atoms with Gasteiger partial charge in [0.25, 0.3) is 0 Å². The summed E-state index contributed by atoms with van der Waals surface area (Å²) in [5.41, 5.74) is 0. The summed E-state index contributed by atoms with van der Waals surface area (Å²) in [6.07, 6.45) is 3.49. The summed E-state index contributed by atoms with van der Waals surface area (Å²) in [5.74, 6) is -0.313. The van der Waals surface area contributed by atoms with Gasteiger partial charge in [-0.3, -0.25) is 4.79 Å². The van der Waals surface area contributed by atoms with E-state index in [9.17, 15) is 4.79 Å². The van der Waals surface area contributed by atoms with Crippen LogP contribution in [0.5, 0.6) is 0 Å². The van der Waals surface area contributed by atoms with Crippen molar-refractivity contribution in [3.05, 3.63) is 12.2 Å². The number of aliphatic hydroxyl groups excluding tert-OH is 1. The SMILES string of the molecule is C/C=C/[C@@H]1C[C@@H](O)CC(=O)O1. The van der Waals surface area contributed by atoms with E-state index < -0.39 is 6.10 Å². The lowest BCUT2D eigenvalue weighted by molar-refractivity contribution is -0.156. The molecule has 0 aromatic heterocycles. The van der Waals surface area contributed by atoms with Crippen LogP contribution in [0.25, 0.3) is 0 Å². The van der Waals surface area contributed by atoms with Gasteiger partial charge in [-0.15, -0.1) is 0 Å². The molecule has 0 amide bonds. The summed E-state index contributed by atoms with van der Waals surface area (Å²) in [7, 11) is 0. The third kappa shape index (κ3) is 2.35. The molecule has 62 valence electrons. The number of ether oxygens (including phenoxy) is 1. The summed E-state index contributed by atoms with van der Waals surface area (Å²) >= 11 is 0. The van der Waals surface area contributed by atoms with E-state index in [1.807, 2.05) is 13.0 Å². The van der Waals surface area contributed by atoms with Gasteiger partial charge in [-0.25, -0.2) is 0 Å². The van der Waals surface area contributed by atoms with Crippen LogP contribution >= 0.6 is 0 Å². The number of aliphatic hydroxyl groups is 1. The Hall–Kier alpha value is -0.830. The van der Waals surface area contributed by atoms with Crippen LogP contribution in [0.3, 0.4) is 0 Å². The van der Waals surface area contributed by atoms with Crippen LogP contribution < -0.4 is 0 Å². The first-order chi connectivity index (χ1) is 5.22. The lowest BCUT2D eigenvalue weighted by Crippen LogP contribution is -2.31. The van der Waals surface area contributed by atoms with E-state index >= 15 is 0 Å². The lowest BCUT2D eigenvalue weighted by atomic mass is 10.1. The van der Waals surface area contributed by atoms with Crippen molar-refractivity contribution in [3.8, 4) is 0 Å². The minimum absolute atomic E-state index is 0.133. The maximum absolute atomic E-state index is 10.7. The van der Waals surface area contributed by atoms with E-state index in [0.717, 1.165) is 0 Å². The van der Waals surface area contributed by atoms with Gasteiger partial charge in [0.1, 0.15) is 6.10 Å². The molecule has 3 heteroatoms. The fraction of sp³-hybridized carbons (Fsp3) is 0.625. The number of rotatable bonds is 1. The van der Waals surface area contributed by atoms with Crippen molar-refractivity contribution < 1.29 is 14.6 Å². The van der Waals surface area contributed by atoms with Crippen molar-refractivity contribution in [2.24, 2.45) is 0 Å². The van der Waals surface area contributed by atoms with Gasteiger partial charge in [-0.1, -0.05) is 6.08 Å². The quantitative estimate of drug-likeness (QED) is 0.447. The zero-order valence-electron chi connectivity index (χ0n) is 6.49. The van der Waals surface area contributed by atoms with Crippen molar-refractivity contribution in [1.29, 1.82) is 0 Å². The molecule has 0 saturated carbocycles. The molecule has 1 aliphatic heterocycles. The molecule has 0 aromatic carbocycles. The Bertz CT molecular complexity index is 174. The maximum atomic E-state index is 10.7. The molecule has 0 aliphatic carbocycles. The highest BCUT2D eigenvalue weighted by Gasteiger charge is 2.24. The number of esters is 1. The van der Waals surface area contributed by atoms with E-state index in [1.165, 1.54) is 0 Å². The molecule has 1 fully saturated rings. The first kappa shape index (κ1) is 8.27. The van der Waals surface area contributed by atoms with Crippen LogP contribution in [0.2, 0.25) is 0 Å². The molecule has 0 spiro atoms. The molecule has 1 rings (SSSR count). The van der Waals surface area contributed by atoms with E-state index in [1.54, 1.807) is 6.08 Å². The highest BCUT2D eigenvalue weighted by atomic mass is 16.5. The molecule has 0 bridgehead atoms. The van der Waals surface area contributed by atoms with Crippen LogP contribution in [0.1, 0.15) is 19.8 Å². The van der Waals surface area contributed by atoms with Crippen molar-refractivity contribution in [1.82, 2.24) is 0 Å². The molecule has 11 heavy (non-hydrogen) atoms. The van der Waals surface area contributed by atoms with Gasteiger partial charge in [-0.2, -0.15) is 0 Å². The van der Waals surface area contributed by atoms with Gasteiger partial charge in [0, 0.05) is 6.42 Å². The summed E-state index contributed by atoms with van der Waals surface area (Å²) in [6, 6.07) is 0. The normalized spacial score (nSPS) is 32.4. The molecule has 0 radical (unpaired) electrons. The number of cyclic esters (lactones) is 1.